The summed E-state index contributed by atoms with van der Waals surface area (Å²) in [5.74, 6) is -0.996. The van der Waals surface area contributed by atoms with Gasteiger partial charge in [0.25, 0.3) is 0 Å². The second-order valence-electron chi connectivity index (χ2n) is 10.0. The molecule has 0 radical (unpaired) electrons. The summed E-state index contributed by atoms with van der Waals surface area (Å²) in [5, 5.41) is 15.4. The first-order chi connectivity index (χ1) is 19.5. The number of aliphatic hydroxyl groups excluding tert-OH is 1. The third-order valence-electron chi connectivity index (χ3n) is 5.40. The zero-order valence-electron chi connectivity index (χ0n) is 23.8. The number of amides is 2. The second kappa shape index (κ2) is 17.6. The molecule has 0 saturated heterocycles. The lowest BCUT2D eigenvalue weighted by molar-refractivity contribution is -0.136. The van der Waals surface area contributed by atoms with E-state index in [4.69, 9.17) is 35.3 Å². The van der Waals surface area contributed by atoms with E-state index in [-0.39, 0.29) is 19.8 Å². The van der Waals surface area contributed by atoms with E-state index in [9.17, 15) is 19.5 Å². The van der Waals surface area contributed by atoms with Crippen molar-refractivity contribution in [3.8, 4) is 0 Å². The molecule has 0 fully saturated rings. The quantitative estimate of drug-likeness (QED) is 0.250. The number of halogens is 1. The fourth-order valence-corrected chi connectivity index (χ4v) is 3.72. The molecule has 2 aromatic carbocycles. The summed E-state index contributed by atoms with van der Waals surface area (Å²) in [6.07, 6.45) is -2.66. The van der Waals surface area contributed by atoms with Crippen molar-refractivity contribution >= 4 is 29.6 Å². The highest BCUT2D eigenvalue weighted by Gasteiger charge is 2.25. The molecule has 226 valence electrons. The summed E-state index contributed by atoms with van der Waals surface area (Å²) < 4.78 is 26.9. The summed E-state index contributed by atoms with van der Waals surface area (Å²) in [7, 11) is 1.42. The average Bonchev–Trinajstić information content (AvgIpc) is 2.92. The van der Waals surface area contributed by atoms with Crippen LogP contribution < -0.4 is 10.6 Å². The number of hydrogen-bond donors (Lipinski definition) is 3. The highest BCUT2D eigenvalue weighted by molar-refractivity contribution is 6.31. The van der Waals surface area contributed by atoms with Crippen molar-refractivity contribution in [3.63, 3.8) is 0 Å². The number of benzene rings is 2. The molecular weight excluding hydrogens is 556 g/mol. The van der Waals surface area contributed by atoms with Gasteiger partial charge in [0, 0.05) is 24.2 Å². The van der Waals surface area contributed by atoms with Crippen LogP contribution in [0.3, 0.4) is 0 Å². The molecule has 12 heteroatoms. The lowest BCUT2D eigenvalue weighted by Gasteiger charge is -2.24. The Morgan fingerprint density at radius 1 is 0.976 bits per heavy atom. The van der Waals surface area contributed by atoms with Crippen LogP contribution >= 0.6 is 11.6 Å². The Morgan fingerprint density at radius 2 is 1.66 bits per heavy atom. The first-order valence-corrected chi connectivity index (χ1v) is 13.4. The van der Waals surface area contributed by atoms with Gasteiger partial charge in [-0.2, -0.15) is 0 Å². The van der Waals surface area contributed by atoms with Crippen LogP contribution in [0.1, 0.15) is 38.0 Å². The van der Waals surface area contributed by atoms with Crippen LogP contribution in [0.2, 0.25) is 5.02 Å². The van der Waals surface area contributed by atoms with Crippen molar-refractivity contribution < 1.29 is 43.2 Å². The summed E-state index contributed by atoms with van der Waals surface area (Å²) in [6.45, 7) is 4.26. The van der Waals surface area contributed by atoms with Gasteiger partial charge in [-0.25, -0.2) is 4.79 Å². The van der Waals surface area contributed by atoms with E-state index in [0.29, 0.717) is 17.1 Å². The lowest BCUT2D eigenvalue weighted by Crippen LogP contribution is -2.50. The van der Waals surface area contributed by atoms with E-state index < -0.39 is 55.0 Å². The first kappa shape index (κ1) is 34.0. The maximum Gasteiger partial charge on any atom is 0.509 e. The Hall–Kier alpha value is -3.22. The zero-order valence-corrected chi connectivity index (χ0v) is 24.5. The summed E-state index contributed by atoms with van der Waals surface area (Å²) >= 11 is 6.29. The summed E-state index contributed by atoms with van der Waals surface area (Å²) in [4.78, 5) is 37.4. The summed E-state index contributed by atoms with van der Waals surface area (Å²) in [6, 6.07) is 15.2. The number of aliphatic hydroxyl groups is 1. The number of ether oxygens (including phenoxy) is 5. The number of hydrogen-bond acceptors (Lipinski definition) is 9. The maximum atomic E-state index is 12.6. The Bertz CT molecular complexity index is 1100. The average molecular weight is 595 g/mol. The van der Waals surface area contributed by atoms with Crippen LogP contribution in [0.25, 0.3) is 0 Å². The van der Waals surface area contributed by atoms with Crippen molar-refractivity contribution in [2.24, 2.45) is 0 Å². The normalized spacial score (nSPS) is 13.5. The van der Waals surface area contributed by atoms with E-state index in [0.717, 1.165) is 5.56 Å². The van der Waals surface area contributed by atoms with Crippen molar-refractivity contribution in [2.45, 2.75) is 51.2 Å². The van der Waals surface area contributed by atoms with Crippen LogP contribution in [0.5, 0.6) is 0 Å². The molecule has 0 aliphatic carbocycles. The van der Waals surface area contributed by atoms with Gasteiger partial charge in [0.05, 0.1) is 26.4 Å². The van der Waals surface area contributed by atoms with Gasteiger partial charge >= 0.3 is 6.16 Å². The molecule has 2 amide bonds. The molecule has 3 unspecified atom stereocenters. The van der Waals surface area contributed by atoms with Crippen molar-refractivity contribution in [3.05, 3.63) is 70.7 Å². The highest BCUT2D eigenvalue weighted by Crippen LogP contribution is 2.27. The van der Waals surface area contributed by atoms with Crippen LogP contribution in [0.15, 0.2) is 54.6 Å². The minimum Gasteiger partial charge on any atom is -0.429 e. The van der Waals surface area contributed by atoms with Crippen molar-refractivity contribution in [1.29, 1.82) is 0 Å². The maximum absolute atomic E-state index is 12.6. The molecule has 0 aliphatic rings. The van der Waals surface area contributed by atoms with Crippen molar-refractivity contribution in [2.75, 3.05) is 40.1 Å². The largest absolute Gasteiger partial charge is 0.509 e. The monoisotopic (exact) mass is 594 g/mol. The number of carbonyl (C=O) groups excluding carboxylic acids is 3. The number of rotatable bonds is 16. The molecular formula is C29H39ClN2O9. The van der Waals surface area contributed by atoms with Gasteiger partial charge in [0.2, 0.25) is 11.8 Å². The smallest absolute Gasteiger partial charge is 0.429 e. The van der Waals surface area contributed by atoms with Gasteiger partial charge in [-0.05, 0) is 32.4 Å². The molecule has 0 bridgehead atoms. The van der Waals surface area contributed by atoms with Crippen LogP contribution in [0, 0.1) is 0 Å². The van der Waals surface area contributed by atoms with Gasteiger partial charge in [-0.1, -0.05) is 60.1 Å². The van der Waals surface area contributed by atoms with Crippen LogP contribution in [-0.2, 0) is 39.8 Å². The van der Waals surface area contributed by atoms with Crippen molar-refractivity contribution in [1.82, 2.24) is 10.6 Å². The SMILES string of the molecule is COCC(NC(=O)COC(CO)COCC(OC(=O)OC(C)(C)C)c1ccccc1Cl)C(=O)NCc1ccccc1. The third-order valence-corrected chi connectivity index (χ3v) is 5.75. The van der Waals surface area contributed by atoms with Crippen LogP contribution in [0.4, 0.5) is 4.79 Å². The molecule has 41 heavy (non-hydrogen) atoms. The molecule has 0 saturated carbocycles. The van der Waals surface area contributed by atoms with E-state index >= 15 is 0 Å². The van der Waals surface area contributed by atoms with Crippen LogP contribution in [-0.4, -0.2) is 81.0 Å². The Labute approximate surface area is 245 Å². The predicted octanol–water partition coefficient (Wildman–Crippen LogP) is 3.17. The van der Waals surface area contributed by atoms with E-state index in [2.05, 4.69) is 10.6 Å². The number of methoxy groups -OCH3 is 1. The molecule has 0 heterocycles. The van der Waals surface area contributed by atoms with Gasteiger partial charge in [0.15, 0.2) is 6.10 Å². The molecule has 0 aromatic heterocycles. The molecule has 0 spiro atoms. The standard InChI is InChI=1S/C29H39ClN2O9/c1-29(2,3)41-28(36)40-25(22-12-8-9-13-23(22)30)18-38-16-21(15-33)39-19-26(34)32-24(17-37-4)27(35)31-14-20-10-6-5-7-11-20/h5-13,21,24-25,33H,14-19H2,1-4H3,(H,31,35)(H,32,34). The van der Waals surface area contributed by atoms with Gasteiger partial charge in [-0.3, -0.25) is 9.59 Å². The Kier molecular flexibility index (Phi) is 14.6. The molecule has 11 nitrogen and oxygen atoms in total. The fourth-order valence-electron chi connectivity index (χ4n) is 3.46. The highest BCUT2D eigenvalue weighted by atomic mass is 35.5. The Morgan fingerprint density at radius 3 is 2.29 bits per heavy atom. The minimum atomic E-state index is -0.940. The predicted molar refractivity (Wildman–Crippen MR) is 151 cm³/mol. The van der Waals surface area contributed by atoms with E-state index in [1.54, 1.807) is 45.0 Å². The first-order valence-electron chi connectivity index (χ1n) is 13.1. The topological polar surface area (TPSA) is 142 Å². The molecule has 0 aliphatic heterocycles. The van der Waals surface area contributed by atoms with Gasteiger partial charge < -0.3 is 39.4 Å². The van der Waals surface area contributed by atoms with E-state index in [1.165, 1.54) is 7.11 Å². The minimum absolute atomic E-state index is 0.0417. The van der Waals surface area contributed by atoms with E-state index in [1.807, 2.05) is 30.3 Å². The number of nitrogens with one attached hydrogen (secondary N) is 2. The molecule has 3 N–H and O–H groups in total. The van der Waals surface area contributed by atoms with Gasteiger partial charge in [0.1, 0.15) is 24.4 Å². The number of carbonyl (C=O) groups is 3. The molecule has 2 aromatic rings. The summed E-state index contributed by atoms with van der Waals surface area (Å²) in [5.41, 5.74) is 0.658. The lowest BCUT2D eigenvalue weighted by atomic mass is 10.1. The molecule has 3 atom stereocenters. The zero-order chi connectivity index (χ0) is 30.3. The third kappa shape index (κ3) is 13.3. The Balaban J connectivity index is 1.87. The fraction of sp³-hybridized carbons (Fsp3) is 0.483. The second-order valence-corrected chi connectivity index (χ2v) is 10.4. The molecule has 2 rings (SSSR count). The van der Waals surface area contributed by atoms with Gasteiger partial charge in [-0.15, -0.1) is 0 Å².